The molecule has 0 spiro atoms. The largest absolute Gasteiger partial charge is 0.309 e. The van der Waals surface area contributed by atoms with Crippen molar-refractivity contribution in [2.45, 2.75) is 0 Å². The highest BCUT2D eigenvalue weighted by molar-refractivity contribution is 6.22. The summed E-state index contributed by atoms with van der Waals surface area (Å²) in [5.41, 5.74) is 13.9. The Balaban J connectivity index is 1.12. The van der Waals surface area contributed by atoms with Gasteiger partial charge in [-0.2, -0.15) is 0 Å². The fraction of sp³-hybridized carbons (Fsp3) is 0. The van der Waals surface area contributed by atoms with Gasteiger partial charge in [0.1, 0.15) is 0 Å². The van der Waals surface area contributed by atoms with Gasteiger partial charge in [-0.05, 0) is 115 Å². The minimum absolute atomic E-state index is 1.18. The molecule has 0 unspecified atom stereocenters. The molecule has 0 radical (unpaired) electrons. The van der Waals surface area contributed by atoms with E-state index in [1.807, 2.05) is 0 Å². The standard InChI is InChI=1S/C44H27N/c1-2-13-34(14-3-1)45-41-19-7-6-17-39(41)44-35-22-20-30(25-31(35)21-23-42(44)45)28-10-8-11-29(24-28)33-26-32-12-9-18-38-36-15-4-5-16-37(36)40(27-33)43(32)38/h1-27H. The molecule has 1 aliphatic rings. The predicted octanol–water partition coefficient (Wildman–Crippen LogP) is 12.1. The van der Waals surface area contributed by atoms with Crippen LogP contribution in [0.15, 0.2) is 164 Å². The van der Waals surface area contributed by atoms with Gasteiger partial charge in [0, 0.05) is 16.5 Å². The van der Waals surface area contributed by atoms with E-state index in [1.165, 1.54) is 93.5 Å². The SMILES string of the molecule is c1ccc(-n2c3ccccc3c3c4ccc(-c5cccc(-c6cc7c8c(cccc8c6)-c6ccccc6-7)c5)cc4ccc32)cc1. The zero-order valence-corrected chi connectivity index (χ0v) is 24.5. The molecule has 1 heteroatoms. The van der Waals surface area contributed by atoms with Crippen molar-refractivity contribution in [3.05, 3.63) is 164 Å². The van der Waals surface area contributed by atoms with Crippen LogP contribution in [0.25, 0.3) is 93.5 Å². The van der Waals surface area contributed by atoms with Crippen LogP contribution in [-0.2, 0) is 0 Å². The average molecular weight is 570 g/mol. The number of hydrogen-bond acceptors (Lipinski definition) is 0. The molecule has 0 atom stereocenters. The summed E-state index contributed by atoms with van der Waals surface area (Å²) in [5, 5.41) is 7.79. The van der Waals surface area contributed by atoms with E-state index in [2.05, 4.69) is 168 Å². The van der Waals surface area contributed by atoms with Gasteiger partial charge in [-0.25, -0.2) is 0 Å². The Kier molecular flexibility index (Phi) is 5.06. The molecule has 1 aliphatic carbocycles. The lowest BCUT2D eigenvalue weighted by Crippen LogP contribution is -1.92. The second-order valence-corrected chi connectivity index (χ2v) is 12.1. The summed E-state index contributed by atoms with van der Waals surface area (Å²) >= 11 is 0. The van der Waals surface area contributed by atoms with Gasteiger partial charge in [0.2, 0.25) is 0 Å². The molecule has 0 bridgehead atoms. The quantitative estimate of drug-likeness (QED) is 0.199. The van der Waals surface area contributed by atoms with Crippen LogP contribution >= 0.6 is 0 Å². The molecule has 0 aliphatic heterocycles. The van der Waals surface area contributed by atoms with Crippen molar-refractivity contribution < 1.29 is 0 Å². The first-order valence-electron chi connectivity index (χ1n) is 15.6. The summed E-state index contributed by atoms with van der Waals surface area (Å²) in [7, 11) is 0. The third-order valence-electron chi connectivity index (χ3n) is 9.68. The molecule has 1 nitrogen and oxygen atoms in total. The minimum atomic E-state index is 1.18. The zero-order valence-electron chi connectivity index (χ0n) is 24.5. The Hall–Kier alpha value is -5.92. The Bertz CT molecular complexity index is 2640. The molecule has 10 rings (SSSR count). The Labute approximate surface area is 261 Å². The van der Waals surface area contributed by atoms with Crippen molar-refractivity contribution in [3.8, 4) is 50.2 Å². The van der Waals surface area contributed by atoms with Gasteiger partial charge in [0.05, 0.1) is 11.0 Å². The Morgan fingerprint density at radius 3 is 1.89 bits per heavy atom. The van der Waals surface area contributed by atoms with Crippen LogP contribution in [0.1, 0.15) is 0 Å². The monoisotopic (exact) mass is 569 g/mol. The van der Waals surface area contributed by atoms with Gasteiger partial charge in [-0.1, -0.05) is 115 Å². The van der Waals surface area contributed by atoms with Crippen molar-refractivity contribution in [1.29, 1.82) is 0 Å². The van der Waals surface area contributed by atoms with Gasteiger partial charge in [0.25, 0.3) is 0 Å². The van der Waals surface area contributed by atoms with Crippen LogP contribution in [-0.4, -0.2) is 4.57 Å². The predicted molar refractivity (Wildman–Crippen MR) is 191 cm³/mol. The van der Waals surface area contributed by atoms with Gasteiger partial charge < -0.3 is 4.57 Å². The first-order chi connectivity index (χ1) is 22.3. The number of para-hydroxylation sites is 2. The minimum Gasteiger partial charge on any atom is -0.309 e. The van der Waals surface area contributed by atoms with E-state index in [9.17, 15) is 0 Å². The smallest absolute Gasteiger partial charge is 0.0547 e. The number of aromatic nitrogens is 1. The second kappa shape index (κ2) is 9.29. The highest BCUT2D eigenvalue weighted by Crippen LogP contribution is 2.48. The van der Waals surface area contributed by atoms with Crippen molar-refractivity contribution in [1.82, 2.24) is 4.57 Å². The number of fused-ring (bicyclic) bond motifs is 8. The number of benzene rings is 8. The van der Waals surface area contributed by atoms with Gasteiger partial charge in [-0.15, -0.1) is 0 Å². The third-order valence-corrected chi connectivity index (χ3v) is 9.68. The van der Waals surface area contributed by atoms with E-state index < -0.39 is 0 Å². The number of hydrogen-bond donors (Lipinski definition) is 0. The summed E-state index contributed by atoms with van der Waals surface area (Å²) in [5.74, 6) is 0. The van der Waals surface area contributed by atoms with Crippen molar-refractivity contribution in [2.24, 2.45) is 0 Å². The van der Waals surface area contributed by atoms with E-state index in [4.69, 9.17) is 0 Å². The molecular weight excluding hydrogens is 542 g/mol. The normalized spacial score (nSPS) is 12.0. The molecule has 1 heterocycles. The Morgan fingerprint density at radius 1 is 0.311 bits per heavy atom. The summed E-state index contributed by atoms with van der Waals surface area (Å²) < 4.78 is 2.39. The summed E-state index contributed by atoms with van der Waals surface area (Å²) in [6, 6.07) is 60.2. The lowest BCUT2D eigenvalue weighted by molar-refractivity contribution is 1.18. The molecule has 0 saturated carbocycles. The fourth-order valence-electron chi connectivity index (χ4n) is 7.69. The summed E-state index contributed by atoms with van der Waals surface area (Å²) in [4.78, 5) is 0. The lowest BCUT2D eigenvalue weighted by atomic mass is 9.93. The molecular formula is C44H27N. The molecule has 0 fully saturated rings. The van der Waals surface area contributed by atoms with Crippen LogP contribution in [0, 0.1) is 0 Å². The van der Waals surface area contributed by atoms with E-state index >= 15 is 0 Å². The van der Waals surface area contributed by atoms with Crippen LogP contribution in [0.4, 0.5) is 0 Å². The van der Waals surface area contributed by atoms with Crippen LogP contribution in [0.5, 0.6) is 0 Å². The van der Waals surface area contributed by atoms with Crippen molar-refractivity contribution in [3.63, 3.8) is 0 Å². The molecule has 1 aromatic heterocycles. The zero-order chi connectivity index (χ0) is 29.5. The molecule has 0 amide bonds. The van der Waals surface area contributed by atoms with E-state index in [1.54, 1.807) is 0 Å². The van der Waals surface area contributed by atoms with Crippen LogP contribution in [0.3, 0.4) is 0 Å². The van der Waals surface area contributed by atoms with E-state index in [-0.39, 0.29) is 0 Å². The molecule has 208 valence electrons. The van der Waals surface area contributed by atoms with Gasteiger partial charge >= 0.3 is 0 Å². The topological polar surface area (TPSA) is 4.93 Å². The highest BCUT2D eigenvalue weighted by atomic mass is 15.0. The van der Waals surface area contributed by atoms with E-state index in [0.717, 1.165) is 0 Å². The molecule has 45 heavy (non-hydrogen) atoms. The summed E-state index contributed by atoms with van der Waals surface area (Å²) in [6.07, 6.45) is 0. The van der Waals surface area contributed by atoms with Crippen molar-refractivity contribution >= 4 is 43.4 Å². The maximum atomic E-state index is 2.39. The number of nitrogens with zero attached hydrogens (tertiary/aromatic N) is 1. The number of rotatable bonds is 3. The van der Waals surface area contributed by atoms with E-state index in [0.29, 0.717) is 0 Å². The third kappa shape index (κ3) is 3.56. The first-order valence-corrected chi connectivity index (χ1v) is 15.6. The molecule has 8 aromatic carbocycles. The van der Waals surface area contributed by atoms with Gasteiger partial charge in [0.15, 0.2) is 0 Å². The Morgan fingerprint density at radius 2 is 1.00 bits per heavy atom. The van der Waals surface area contributed by atoms with Crippen LogP contribution in [0.2, 0.25) is 0 Å². The van der Waals surface area contributed by atoms with Crippen LogP contribution < -0.4 is 0 Å². The summed E-state index contributed by atoms with van der Waals surface area (Å²) in [6.45, 7) is 0. The van der Waals surface area contributed by atoms with Gasteiger partial charge in [-0.3, -0.25) is 0 Å². The average Bonchev–Trinajstić information content (AvgIpc) is 3.62. The van der Waals surface area contributed by atoms with Crippen molar-refractivity contribution in [2.75, 3.05) is 0 Å². The lowest BCUT2D eigenvalue weighted by Gasteiger charge is -2.11. The second-order valence-electron chi connectivity index (χ2n) is 12.1. The molecule has 9 aromatic rings. The fourth-order valence-corrected chi connectivity index (χ4v) is 7.69. The molecule has 0 N–H and O–H groups in total. The molecule has 0 saturated heterocycles. The highest BCUT2D eigenvalue weighted by Gasteiger charge is 2.22. The maximum absolute atomic E-state index is 2.39. The first kappa shape index (κ1) is 24.5. The maximum Gasteiger partial charge on any atom is 0.0547 e.